The first-order valence-corrected chi connectivity index (χ1v) is 4.83. The van der Waals surface area contributed by atoms with Gasteiger partial charge in [-0.3, -0.25) is 0 Å². The molecule has 1 aliphatic rings. The summed E-state index contributed by atoms with van der Waals surface area (Å²) in [6.45, 7) is 9.79. The van der Waals surface area contributed by atoms with E-state index in [1.54, 1.807) is 0 Å². The van der Waals surface area contributed by atoms with Gasteiger partial charge in [-0.15, -0.1) is 12.7 Å². The van der Waals surface area contributed by atoms with Gasteiger partial charge < -0.3 is 14.4 Å². The Bertz CT molecular complexity index is 351. The van der Waals surface area contributed by atoms with Gasteiger partial charge in [0.15, 0.2) is 0 Å². The summed E-state index contributed by atoms with van der Waals surface area (Å²) in [7, 11) is 0. The monoisotopic (exact) mass is 288 g/mol. The van der Waals surface area contributed by atoms with Crippen LogP contribution in [-0.4, -0.2) is 20.4 Å². The van der Waals surface area contributed by atoms with Gasteiger partial charge in [-0.2, -0.15) is 28.8 Å². The Morgan fingerprint density at radius 1 is 1.00 bits per heavy atom. The van der Waals surface area contributed by atoms with Crippen molar-refractivity contribution in [2.45, 2.75) is 12.8 Å². The molecule has 0 N–H and O–H groups in total. The zero-order valence-electron chi connectivity index (χ0n) is 10.2. The predicted molar refractivity (Wildman–Crippen MR) is 70.0 cm³/mol. The van der Waals surface area contributed by atoms with Crippen LogP contribution in [0.25, 0.3) is 6.08 Å². The van der Waals surface area contributed by atoms with Gasteiger partial charge in [-0.05, 0) is 6.42 Å². The van der Waals surface area contributed by atoms with E-state index in [1.165, 1.54) is 16.7 Å². The quantitative estimate of drug-likeness (QED) is 0.452. The van der Waals surface area contributed by atoms with E-state index in [9.17, 15) is 0 Å². The number of hydrogen-bond donors (Lipinski definition) is 0. The van der Waals surface area contributed by atoms with E-state index in [1.807, 2.05) is 26.4 Å². The van der Waals surface area contributed by atoms with E-state index in [0.717, 1.165) is 12.8 Å². The first-order valence-electron chi connectivity index (χ1n) is 4.83. The Labute approximate surface area is 118 Å². The Kier molecular flexibility index (Phi) is 18.5. The van der Waals surface area contributed by atoms with Crippen LogP contribution < -0.4 is 0 Å². The van der Waals surface area contributed by atoms with Gasteiger partial charge in [0.25, 0.3) is 0 Å². The molecule has 18 heavy (non-hydrogen) atoms. The summed E-state index contributed by atoms with van der Waals surface area (Å²) >= 11 is 0. The van der Waals surface area contributed by atoms with Crippen LogP contribution in [0.4, 0.5) is 0 Å². The molecule has 1 aliphatic carbocycles. The number of fused-ring (bicyclic) bond motifs is 1. The summed E-state index contributed by atoms with van der Waals surface area (Å²) in [6, 6.07) is 4.36. The van der Waals surface area contributed by atoms with Gasteiger partial charge in [0, 0.05) is 17.1 Å². The number of hydrogen-bond acceptors (Lipinski definition) is 3. The summed E-state index contributed by atoms with van der Waals surface area (Å²) in [5.74, 6) is 0. The molecule has 1 aromatic rings. The maximum atomic E-state index is 8.00. The fraction of sp³-hybridized carbons (Fsp3) is 0.143. The molecule has 0 saturated carbocycles. The minimum Gasteiger partial charge on any atom is -0.307 e. The average Bonchev–Trinajstić information content (AvgIpc) is 2.88. The summed E-state index contributed by atoms with van der Waals surface area (Å²) < 4.78 is 0. The zero-order chi connectivity index (χ0) is 13.7. The van der Waals surface area contributed by atoms with Crippen molar-refractivity contribution in [3.63, 3.8) is 0 Å². The third-order valence-corrected chi connectivity index (χ3v) is 2.25. The Morgan fingerprint density at radius 2 is 1.50 bits per heavy atom. The van der Waals surface area contributed by atoms with Crippen LogP contribution in [0, 0.1) is 0 Å². The van der Waals surface area contributed by atoms with Crippen LogP contribution in [0.1, 0.15) is 16.7 Å². The second kappa shape index (κ2) is 15.4. The molecule has 99 valence electrons. The minimum absolute atomic E-state index is 0. The molecule has 1 radical (unpaired) electrons. The zero-order valence-corrected chi connectivity index (χ0v) is 11.4. The summed E-state index contributed by atoms with van der Waals surface area (Å²) in [4.78, 5) is 24.0. The normalized spacial score (nSPS) is 9.56. The minimum atomic E-state index is 0. The fourth-order valence-corrected chi connectivity index (χ4v) is 1.62. The molecule has 0 aromatic heterocycles. The smallest absolute Gasteiger partial charge is 0.106 e. The third kappa shape index (κ3) is 6.18. The van der Waals surface area contributed by atoms with Crippen molar-refractivity contribution >= 4 is 26.4 Å². The van der Waals surface area contributed by atoms with E-state index in [0.29, 0.717) is 0 Å². The third-order valence-electron chi connectivity index (χ3n) is 2.25. The van der Waals surface area contributed by atoms with Crippen molar-refractivity contribution in [2.24, 2.45) is 0 Å². The van der Waals surface area contributed by atoms with Crippen LogP contribution in [0.3, 0.4) is 0 Å². The largest absolute Gasteiger partial charge is 0.307 e. The van der Waals surface area contributed by atoms with Crippen LogP contribution in [0.5, 0.6) is 0 Å². The molecule has 0 amide bonds. The van der Waals surface area contributed by atoms with Crippen molar-refractivity contribution in [1.82, 2.24) is 0 Å². The van der Waals surface area contributed by atoms with Crippen LogP contribution in [-0.2, 0) is 44.3 Å². The predicted octanol–water partition coefficient (Wildman–Crippen LogP) is 2.15. The van der Waals surface area contributed by atoms with E-state index < -0.39 is 0 Å². The molecule has 0 atom stereocenters. The molecular weight excluding hydrogens is 271 g/mol. The van der Waals surface area contributed by atoms with E-state index >= 15 is 0 Å². The molecule has 0 aliphatic heterocycles. The number of allylic oxidation sites excluding steroid dienone is 2. The van der Waals surface area contributed by atoms with E-state index in [-0.39, 0.29) is 17.1 Å². The van der Waals surface area contributed by atoms with Crippen molar-refractivity contribution in [1.29, 1.82) is 0 Å². The molecule has 0 heterocycles. The van der Waals surface area contributed by atoms with Crippen molar-refractivity contribution in [2.75, 3.05) is 0 Å². The number of carbonyl (C=O) groups excluding carboxylic acids is 3. The molecule has 2 rings (SSSR count). The van der Waals surface area contributed by atoms with E-state index in [2.05, 4.69) is 30.9 Å². The van der Waals surface area contributed by atoms with Gasteiger partial charge in [-0.25, -0.2) is 0 Å². The maximum Gasteiger partial charge on any atom is 0.106 e. The molecule has 0 unspecified atom stereocenters. The second-order valence-electron chi connectivity index (χ2n) is 2.88. The molecule has 1 aromatic carbocycles. The van der Waals surface area contributed by atoms with Gasteiger partial charge >= 0.3 is 0 Å². The van der Waals surface area contributed by atoms with Gasteiger partial charge in [0.1, 0.15) is 20.4 Å². The second-order valence-corrected chi connectivity index (χ2v) is 2.88. The summed E-state index contributed by atoms with van der Waals surface area (Å²) in [6.07, 6.45) is 8.59. The Balaban J connectivity index is -0.000000285. The number of rotatable bonds is 1. The molecule has 0 bridgehead atoms. The molecule has 0 saturated heterocycles. The maximum absolute atomic E-state index is 8.00. The summed E-state index contributed by atoms with van der Waals surface area (Å²) in [5, 5.41) is 0. The first-order chi connectivity index (χ1) is 8.42. The van der Waals surface area contributed by atoms with Crippen molar-refractivity contribution < 1.29 is 31.5 Å². The van der Waals surface area contributed by atoms with Crippen LogP contribution >= 0.6 is 0 Å². The van der Waals surface area contributed by atoms with Gasteiger partial charge in [0.2, 0.25) is 0 Å². The first kappa shape index (κ1) is 21.6. The van der Waals surface area contributed by atoms with E-state index in [4.69, 9.17) is 14.4 Å². The van der Waals surface area contributed by atoms with Crippen molar-refractivity contribution in [3.05, 3.63) is 47.6 Å². The average molecular weight is 288 g/mol. The van der Waals surface area contributed by atoms with Gasteiger partial charge in [-0.1, -0.05) is 18.6 Å². The molecule has 4 heteroatoms. The van der Waals surface area contributed by atoms with Crippen LogP contribution in [0.2, 0.25) is 0 Å². The molecule has 0 fully saturated rings. The molecule has 0 spiro atoms. The Morgan fingerprint density at radius 3 is 2.00 bits per heavy atom. The fourth-order valence-electron chi connectivity index (χ4n) is 1.62. The topological polar surface area (TPSA) is 51.2 Å². The molecule has 3 nitrogen and oxygen atoms in total. The number of carbonyl (C=O) groups is 3. The molecular formula is C14H17MnO3-. The van der Waals surface area contributed by atoms with Crippen molar-refractivity contribution in [3.8, 4) is 0 Å². The van der Waals surface area contributed by atoms with Gasteiger partial charge in [0.05, 0.1) is 0 Å². The van der Waals surface area contributed by atoms with Crippen LogP contribution in [0.15, 0.2) is 30.9 Å². The Hall–Kier alpha value is -1.64. The standard InChI is InChI=1S/C11H11.3CH2O.Mn/c1-2-9-7-8-10-5-3-4-6-11(9)10;3*1-2;/h2-4,7-8H,1,5-6H2;3*1H2;/q-1;;;;. The summed E-state index contributed by atoms with van der Waals surface area (Å²) in [5.41, 5.74) is 4.26. The SMILES string of the molecule is C=Cc1c[cH-]c2c1CC=CC2.C=O.C=O.C=O.[Mn].